The third kappa shape index (κ3) is 4.48. The highest BCUT2D eigenvalue weighted by Crippen LogP contribution is 2.20. The molecule has 1 rings (SSSR count). The molecule has 0 saturated heterocycles. The molecule has 0 spiro atoms. The van der Waals surface area contributed by atoms with Crippen molar-refractivity contribution in [2.45, 2.75) is 30.0 Å². The molecule has 0 aromatic carbocycles. The average molecular weight is 272 g/mol. The first-order chi connectivity index (χ1) is 8.10. The molecule has 0 amide bonds. The fourth-order valence-electron chi connectivity index (χ4n) is 1.24. The monoisotopic (exact) mass is 272 g/mol. The van der Waals surface area contributed by atoms with E-state index in [4.69, 9.17) is 12.2 Å². The molecule has 6 heteroatoms. The standard InChI is InChI=1S/C11H16N2O2S2/c1-2-3-4-5-8-13-17(14,15)11-7-6-10(9-12)16-11/h1,6-7,13H,3-5,8-9,12H2. The Labute approximate surface area is 106 Å². The predicted molar refractivity (Wildman–Crippen MR) is 70.1 cm³/mol. The summed E-state index contributed by atoms with van der Waals surface area (Å²) in [6, 6.07) is 3.31. The zero-order valence-electron chi connectivity index (χ0n) is 9.48. The summed E-state index contributed by atoms with van der Waals surface area (Å²) < 4.78 is 26.5. The molecule has 0 atom stereocenters. The maximum absolute atomic E-state index is 11.8. The summed E-state index contributed by atoms with van der Waals surface area (Å²) in [6.07, 6.45) is 7.36. The van der Waals surface area contributed by atoms with Crippen LogP contribution in [0.5, 0.6) is 0 Å². The van der Waals surface area contributed by atoms with Crippen LogP contribution in [0.4, 0.5) is 0 Å². The first-order valence-electron chi connectivity index (χ1n) is 5.32. The Hall–Kier alpha value is -0.870. The summed E-state index contributed by atoms with van der Waals surface area (Å²) in [5, 5.41) is 0. The first kappa shape index (κ1) is 14.2. The van der Waals surface area contributed by atoms with Gasteiger partial charge in [-0.05, 0) is 25.0 Å². The summed E-state index contributed by atoms with van der Waals surface area (Å²) >= 11 is 1.20. The second kappa shape index (κ2) is 6.77. The minimum Gasteiger partial charge on any atom is -0.326 e. The Morgan fingerprint density at radius 2 is 2.18 bits per heavy atom. The van der Waals surface area contributed by atoms with Gasteiger partial charge in [0.25, 0.3) is 0 Å². The number of nitrogens with one attached hydrogen (secondary N) is 1. The lowest BCUT2D eigenvalue weighted by molar-refractivity contribution is 0.579. The molecule has 0 aliphatic heterocycles. The number of hydrogen-bond donors (Lipinski definition) is 2. The molecule has 0 unspecified atom stereocenters. The molecule has 0 aliphatic rings. The van der Waals surface area contributed by atoms with E-state index in [2.05, 4.69) is 10.6 Å². The van der Waals surface area contributed by atoms with Crippen molar-refractivity contribution in [3.05, 3.63) is 17.0 Å². The molecular weight excluding hydrogens is 256 g/mol. The lowest BCUT2D eigenvalue weighted by Crippen LogP contribution is -2.23. The Balaban J connectivity index is 2.49. The normalized spacial score (nSPS) is 11.3. The molecule has 1 heterocycles. The van der Waals surface area contributed by atoms with E-state index in [-0.39, 0.29) is 0 Å². The van der Waals surface area contributed by atoms with Crippen molar-refractivity contribution >= 4 is 21.4 Å². The molecule has 1 aromatic rings. The van der Waals surface area contributed by atoms with Gasteiger partial charge in [0.2, 0.25) is 10.0 Å². The smallest absolute Gasteiger partial charge is 0.250 e. The van der Waals surface area contributed by atoms with Crippen LogP contribution in [-0.4, -0.2) is 15.0 Å². The number of thiophene rings is 1. The van der Waals surface area contributed by atoms with Gasteiger partial charge in [-0.1, -0.05) is 0 Å². The van der Waals surface area contributed by atoms with Crippen LogP contribution in [0.15, 0.2) is 16.3 Å². The number of rotatable bonds is 7. The average Bonchev–Trinajstić information content (AvgIpc) is 2.78. The van der Waals surface area contributed by atoms with Crippen molar-refractivity contribution < 1.29 is 8.42 Å². The van der Waals surface area contributed by atoms with Crippen molar-refractivity contribution in [2.75, 3.05) is 6.54 Å². The van der Waals surface area contributed by atoms with Gasteiger partial charge in [0, 0.05) is 24.4 Å². The van der Waals surface area contributed by atoms with Gasteiger partial charge in [-0.15, -0.1) is 23.7 Å². The van der Waals surface area contributed by atoms with Gasteiger partial charge in [-0.2, -0.15) is 0 Å². The number of hydrogen-bond acceptors (Lipinski definition) is 4. The van der Waals surface area contributed by atoms with E-state index < -0.39 is 10.0 Å². The topological polar surface area (TPSA) is 72.2 Å². The van der Waals surface area contributed by atoms with Crippen LogP contribution in [0.2, 0.25) is 0 Å². The highest BCUT2D eigenvalue weighted by Gasteiger charge is 2.15. The van der Waals surface area contributed by atoms with Gasteiger partial charge in [-0.25, -0.2) is 13.1 Å². The molecule has 0 radical (unpaired) electrons. The van der Waals surface area contributed by atoms with Gasteiger partial charge in [0.05, 0.1) is 0 Å². The lowest BCUT2D eigenvalue weighted by atomic mass is 10.2. The first-order valence-corrected chi connectivity index (χ1v) is 7.62. The van der Waals surface area contributed by atoms with E-state index in [1.807, 2.05) is 0 Å². The largest absolute Gasteiger partial charge is 0.326 e. The zero-order valence-corrected chi connectivity index (χ0v) is 11.1. The summed E-state index contributed by atoms with van der Waals surface area (Å²) in [5.41, 5.74) is 5.44. The van der Waals surface area contributed by atoms with Gasteiger partial charge in [0.1, 0.15) is 4.21 Å². The fraction of sp³-hybridized carbons (Fsp3) is 0.455. The van der Waals surface area contributed by atoms with Crippen LogP contribution in [0, 0.1) is 12.3 Å². The molecule has 17 heavy (non-hydrogen) atoms. The third-order valence-corrected chi connectivity index (χ3v) is 5.20. The highest BCUT2D eigenvalue weighted by atomic mass is 32.2. The van der Waals surface area contributed by atoms with Crippen LogP contribution in [-0.2, 0) is 16.6 Å². The fourth-order valence-corrected chi connectivity index (χ4v) is 3.60. The van der Waals surface area contributed by atoms with Crippen molar-refractivity contribution in [3.8, 4) is 12.3 Å². The predicted octanol–water partition coefficient (Wildman–Crippen LogP) is 1.29. The summed E-state index contributed by atoms with van der Waals surface area (Å²) in [7, 11) is -3.38. The third-order valence-electron chi connectivity index (χ3n) is 2.14. The van der Waals surface area contributed by atoms with Crippen molar-refractivity contribution in [1.82, 2.24) is 4.72 Å². The molecule has 0 bridgehead atoms. The molecule has 0 saturated carbocycles. The van der Waals surface area contributed by atoms with Gasteiger partial charge in [-0.3, -0.25) is 0 Å². The number of unbranched alkanes of at least 4 members (excludes halogenated alkanes) is 2. The van der Waals surface area contributed by atoms with Gasteiger partial charge >= 0.3 is 0 Å². The van der Waals surface area contributed by atoms with E-state index in [1.165, 1.54) is 11.3 Å². The summed E-state index contributed by atoms with van der Waals surface area (Å²) in [6.45, 7) is 0.780. The van der Waals surface area contributed by atoms with Crippen molar-refractivity contribution in [2.24, 2.45) is 5.73 Å². The van der Waals surface area contributed by atoms with Crippen LogP contribution >= 0.6 is 11.3 Å². The van der Waals surface area contributed by atoms with E-state index in [0.717, 1.165) is 17.7 Å². The molecule has 94 valence electrons. The number of sulfonamides is 1. The summed E-state index contributed by atoms with van der Waals surface area (Å²) in [4.78, 5) is 0.859. The minimum absolute atomic E-state index is 0.315. The van der Waals surface area contributed by atoms with Crippen molar-refractivity contribution in [3.63, 3.8) is 0 Å². The quantitative estimate of drug-likeness (QED) is 0.580. The maximum Gasteiger partial charge on any atom is 0.250 e. The molecule has 0 fully saturated rings. The zero-order chi connectivity index (χ0) is 12.7. The van der Waals surface area contributed by atoms with Crippen LogP contribution in [0.25, 0.3) is 0 Å². The van der Waals surface area contributed by atoms with Crippen molar-refractivity contribution in [1.29, 1.82) is 0 Å². The Bertz CT molecular complexity index is 486. The number of terminal acetylenes is 1. The van der Waals surface area contributed by atoms with Crippen LogP contribution in [0.1, 0.15) is 24.1 Å². The Kier molecular flexibility index (Phi) is 5.65. The summed E-state index contributed by atoms with van der Waals surface area (Å²) in [5.74, 6) is 2.52. The van der Waals surface area contributed by atoms with Crippen LogP contribution < -0.4 is 10.5 Å². The number of nitrogens with two attached hydrogens (primary N) is 1. The second-order valence-corrected chi connectivity index (χ2v) is 6.65. The maximum atomic E-state index is 11.8. The minimum atomic E-state index is -3.38. The van der Waals surface area contributed by atoms with E-state index >= 15 is 0 Å². The molecule has 1 aromatic heterocycles. The molecule has 3 N–H and O–H groups in total. The second-order valence-electron chi connectivity index (χ2n) is 3.48. The highest BCUT2D eigenvalue weighted by molar-refractivity contribution is 7.91. The van der Waals surface area contributed by atoms with Crippen LogP contribution in [0.3, 0.4) is 0 Å². The molecule has 4 nitrogen and oxygen atoms in total. The molecule has 0 aliphatic carbocycles. The van der Waals surface area contributed by atoms with Gasteiger partial charge < -0.3 is 5.73 Å². The van der Waals surface area contributed by atoms with Gasteiger partial charge in [0.15, 0.2) is 0 Å². The Morgan fingerprint density at radius 1 is 1.41 bits per heavy atom. The van der Waals surface area contributed by atoms with E-state index in [0.29, 0.717) is 23.7 Å². The van der Waals surface area contributed by atoms with E-state index in [9.17, 15) is 8.42 Å². The van der Waals surface area contributed by atoms with E-state index in [1.54, 1.807) is 12.1 Å². The Morgan fingerprint density at radius 3 is 2.76 bits per heavy atom. The SMILES string of the molecule is C#CCCCCNS(=O)(=O)c1ccc(CN)s1. The molecular formula is C11H16N2O2S2. The lowest BCUT2D eigenvalue weighted by Gasteiger charge is -2.03.